The molecule has 1 unspecified atom stereocenters. The van der Waals surface area contributed by atoms with Gasteiger partial charge in [0.1, 0.15) is 9.84 Å². The number of hydrogen-bond acceptors (Lipinski definition) is 3. The maximum Gasteiger partial charge on any atom is 0.224 e. The Bertz CT molecular complexity index is 626. The minimum absolute atomic E-state index is 0.0319. The van der Waals surface area contributed by atoms with E-state index in [1.54, 1.807) is 11.0 Å². The van der Waals surface area contributed by atoms with Crippen molar-refractivity contribution < 1.29 is 13.2 Å². The molecule has 6 heteroatoms. The van der Waals surface area contributed by atoms with Crippen LogP contribution in [0.15, 0.2) is 24.3 Å². The summed E-state index contributed by atoms with van der Waals surface area (Å²) in [7, 11) is -3.13. The topological polar surface area (TPSA) is 54.5 Å². The highest BCUT2D eigenvalue weighted by molar-refractivity contribution is 7.90. The maximum absolute atomic E-state index is 12.4. The molecule has 0 bridgehead atoms. The lowest BCUT2D eigenvalue weighted by Crippen LogP contribution is -2.36. The van der Waals surface area contributed by atoms with Gasteiger partial charge in [0.05, 0.1) is 11.8 Å². The molecule has 0 heterocycles. The fourth-order valence-corrected chi connectivity index (χ4v) is 3.29. The van der Waals surface area contributed by atoms with E-state index in [9.17, 15) is 13.2 Å². The lowest BCUT2D eigenvalue weighted by atomic mass is 10.1. The highest BCUT2D eigenvalue weighted by Gasteiger charge is 2.36. The second-order valence-electron chi connectivity index (χ2n) is 5.61. The molecule has 116 valence electrons. The first kappa shape index (κ1) is 16.3. The van der Waals surface area contributed by atoms with E-state index in [1.807, 2.05) is 25.1 Å². The van der Waals surface area contributed by atoms with Crippen LogP contribution < -0.4 is 0 Å². The van der Waals surface area contributed by atoms with E-state index >= 15 is 0 Å². The van der Waals surface area contributed by atoms with Gasteiger partial charge in [-0.3, -0.25) is 4.79 Å². The summed E-state index contributed by atoms with van der Waals surface area (Å²) in [6.07, 6.45) is 3.13. The summed E-state index contributed by atoms with van der Waals surface area (Å²) >= 11 is 6.21. The third kappa shape index (κ3) is 4.45. The van der Waals surface area contributed by atoms with Crippen LogP contribution in [0, 0.1) is 0 Å². The Kier molecular flexibility index (Phi) is 4.94. The monoisotopic (exact) mass is 329 g/mol. The number of nitrogens with zero attached hydrogens (tertiary/aromatic N) is 1. The molecule has 1 aromatic rings. The van der Waals surface area contributed by atoms with Gasteiger partial charge < -0.3 is 4.90 Å². The first-order valence-electron chi connectivity index (χ1n) is 7.03. The first-order valence-corrected chi connectivity index (χ1v) is 9.47. The van der Waals surface area contributed by atoms with Crippen molar-refractivity contribution in [3.63, 3.8) is 0 Å². The van der Waals surface area contributed by atoms with Crippen molar-refractivity contribution in [2.45, 2.75) is 38.3 Å². The number of carbonyl (C=O) groups excluding carboxylic acids is 1. The van der Waals surface area contributed by atoms with Crippen molar-refractivity contribution in [3.8, 4) is 0 Å². The zero-order valence-corrected chi connectivity index (χ0v) is 13.8. The highest BCUT2D eigenvalue weighted by Crippen LogP contribution is 2.36. The van der Waals surface area contributed by atoms with Crippen LogP contribution in [0.3, 0.4) is 0 Å². The number of halogens is 1. The van der Waals surface area contributed by atoms with Crippen molar-refractivity contribution in [1.29, 1.82) is 0 Å². The molecule has 1 aromatic carbocycles. The molecule has 21 heavy (non-hydrogen) atoms. The lowest BCUT2D eigenvalue weighted by molar-refractivity contribution is -0.133. The maximum atomic E-state index is 12.4. The molecule has 4 nitrogen and oxygen atoms in total. The predicted octanol–water partition coefficient (Wildman–Crippen LogP) is 2.83. The van der Waals surface area contributed by atoms with Crippen LogP contribution in [-0.4, -0.2) is 37.3 Å². The fraction of sp³-hybridized carbons (Fsp3) is 0.533. The van der Waals surface area contributed by atoms with Gasteiger partial charge in [0.2, 0.25) is 5.91 Å². The first-order chi connectivity index (χ1) is 9.79. The fourth-order valence-electron chi connectivity index (χ4n) is 2.45. The normalized spacial score (nSPS) is 16.5. The molecular formula is C15H20ClNO3S. The average Bonchev–Trinajstić information content (AvgIpc) is 3.21. The molecule has 2 rings (SSSR count). The van der Waals surface area contributed by atoms with E-state index in [0.717, 1.165) is 24.7 Å². The van der Waals surface area contributed by atoms with Gasteiger partial charge in [0.15, 0.2) is 0 Å². The third-order valence-corrected chi connectivity index (χ3v) is 4.98. The third-order valence-electron chi connectivity index (χ3n) is 3.69. The number of amides is 1. The standard InChI is InChI=1S/C15H20ClNO3S/c1-11(13-5-3-4-6-14(13)16)17(12-7-8-12)15(18)9-10-21(2,19)20/h3-6,11-12H,7-10H2,1-2H3. The Labute approximate surface area is 131 Å². The molecule has 1 aliphatic rings. The zero-order valence-electron chi connectivity index (χ0n) is 12.3. The van der Waals surface area contributed by atoms with E-state index in [-0.39, 0.29) is 30.2 Å². The minimum atomic E-state index is -3.13. The second kappa shape index (κ2) is 6.36. The highest BCUT2D eigenvalue weighted by atomic mass is 35.5. The molecule has 0 aliphatic heterocycles. The number of benzene rings is 1. The van der Waals surface area contributed by atoms with Crippen molar-refractivity contribution in [1.82, 2.24) is 4.90 Å². The van der Waals surface area contributed by atoms with Crippen LogP contribution in [-0.2, 0) is 14.6 Å². The van der Waals surface area contributed by atoms with Crippen molar-refractivity contribution in [2.75, 3.05) is 12.0 Å². The molecule has 0 aromatic heterocycles. The largest absolute Gasteiger partial charge is 0.333 e. The van der Waals surface area contributed by atoms with Gasteiger partial charge in [0.25, 0.3) is 0 Å². The van der Waals surface area contributed by atoms with Crippen LogP contribution in [0.5, 0.6) is 0 Å². The van der Waals surface area contributed by atoms with Gasteiger partial charge in [-0.1, -0.05) is 29.8 Å². The summed E-state index contributed by atoms with van der Waals surface area (Å²) in [5.74, 6) is -0.222. The Morgan fingerprint density at radius 1 is 1.38 bits per heavy atom. The van der Waals surface area contributed by atoms with Gasteiger partial charge in [-0.05, 0) is 31.4 Å². The van der Waals surface area contributed by atoms with E-state index in [1.165, 1.54) is 0 Å². The van der Waals surface area contributed by atoms with Crippen molar-refractivity contribution in [2.24, 2.45) is 0 Å². The van der Waals surface area contributed by atoms with Gasteiger partial charge in [-0.15, -0.1) is 0 Å². The van der Waals surface area contributed by atoms with Gasteiger partial charge in [0, 0.05) is 23.7 Å². The number of rotatable bonds is 6. The van der Waals surface area contributed by atoms with Crippen molar-refractivity contribution >= 4 is 27.3 Å². The smallest absolute Gasteiger partial charge is 0.224 e. The molecule has 1 atom stereocenters. The van der Waals surface area contributed by atoms with E-state index in [0.29, 0.717) is 5.02 Å². The van der Waals surface area contributed by atoms with E-state index < -0.39 is 9.84 Å². The molecule has 1 saturated carbocycles. The Morgan fingerprint density at radius 3 is 2.52 bits per heavy atom. The van der Waals surface area contributed by atoms with E-state index in [2.05, 4.69) is 0 Å². The van der Waals surface area contributed by atoms with E-state index in [4.69, 9.17) is 11.6 Å². The van der Waals surface area contributed by atoms with Gasteiger partial charge in [-0.25, -0.2) is 8.42 Å². The Morgan fingerprint density at radius 2 is 2.00 bits per heavy atom. The summed E-state index contributed by atoms with van der Waals surface area (Å²) < 4.78 is 22.5. The van der Waals surface area contributed by atoms with Crippen LogP contribution in [0.2, 0.25) is 5.02 Å². The minimum Gasteiger partial charge on any atom is -0.333 e. The summed E-state index contributed by atoms with van der Waals surface area (Å²) in [6.45, 7) is 1.94. The van der Waals surface area contributed by atoms with Crippen LogP contribution in [0.4, 0.5) is 0 Å². The molecule has 0 spiro atoms. The zero-order chi connectivity index (χ0) is 15.6. The number of sulfone groups is 1. The predicted molar refractivity (Wildman–Crippen MR) is 84.1 cm³/mol. The van der Waals surface area contributed by atoms with Crippen molar-refractivity contribution in [3.05, 3.63) is 34.9 Å². The quantitative estimate of drug-likeness (QED) is 0.806. The lowest BCUT2D eigenvalue weighted by Gasteiger charge is -2.30. The average molecular weight is 330 g/mol. The Balaban J connectivity index is 2.15. The van der Waals surface area contributed by atoms with Crippen LogP contribution in [0.1, 0.15) is 37.8 Å². The van der Waals surface area contributed by atoms with Gasteiger partial charge >= 0.3 is 0 Å². The molecule has 1 aliphatic carbocycles. The summed E-state index contributed by atoms with van der Waals surface area (Å²) in [5.41, 5.74) is 0.902. The molecule has 0 saturated heterocycles. The van der Waals surface area contributed by atoms with Crippen LogP contribution >= 0.6 is 11.6 Å². The number of carbonyl (C=O) groups is 1. The van der Waals surface area contributed by atoms with Gasteiger partial charge in [-0.2, -0.15) is 0 Å². The SMILES string of the molecule is CC(c1ccccc1Cl)N(C(=O)CCS(C)(=O)=O)C1CC1. The molecule has 1 fully saturated rings. The molecule has 1 amide bonds. The second-order valence-corrected chi connectivity index (χ2v) is 8.28. The summed E-state index contributed by atoms with van der Waals surface area (Å²) in [4.78, 5) is 14.2. The van der Waals surface area contributed by atoms with Crippen LogP contribution in [0.25, 0.3) is 0 Å². The summed E-state index contributed by atoms with van der Waals surface area (Å²) in [5, 5.41) is 0.631. The number of hydrogen-bond donors (Lipinski definition) is 0. The molecule has 0 N–H and O–H groups in total. The summed E-state index contributed by atoms with van der Waals surface area (Å²) in [6, 6.07) is 7.53. The molecule has 0 radical (unpaired) electrons. The Hall–Kier alpha value is -1.07. The molecular weight excluding hydrogens is 310 g/mol.